The summed E-state index contributed by atoms with van der Waals surface area (Å²) in [6.07, 6.45) is 5.39. The molecule has 2 rings (SSSR count). The highest BCUT2D eigenvalue weighted by atomic mass is 16.4. The SMILES string of the molecule is CCc1cc(NC2(CC(=O)O)CCC2)ncn1. The van der Waals surface area contributed by atoms with Gasteiger partial charge in [0.05, 0.1) is 6.42 Å². The normalized spacial score (nSPS) is 17.2. The molecule has 0 aromatic carbocycles. The fourth-order valence-corrected chi connectivity index (χ4v) is 2.17. The summed E-state index contributed by atoms with van der Waals surface area (Å²) in [7, 11) is 0. The number of hydrogen-bond acceptors (Lipinski definition) is 4. The van der Waals surface area contributed by atoms with Crippen molar-refractivity contribution in [3.63, 3.8) is 0 Å². The maximum Gasteiger partial charge on any atom is 0.305 e. The van der Waals surface area contributed by atoms with Crippen molar-refractivity contribution in [1.29, 1.82) is 0 Å². The first kappa shape index (κ1) is 11.8. The fraction of sp³-hybridized carbons (Fsp3) is 0.583. The van der Waals surface area contributed by atoms with Crippen LogP contribution in [-0.4, -0.2) is 26.6 Å². The van der Waals surface area contributed by atoms with Gasteiger partial charge in [-0.2, -0.15) is 0 Å². The number of carboxylic acids is 1. The standard InChI is InChI=1S/C12H17N3O2/c1-2-9-6-10(14-8-13-9)15-12(4-3-5-12)7-11(16)17/h6,8H,2-5,7H2,1H3,(H,16,17)(H,13,14,15). The molecule has 1 fully saturated rings. The minimum Gasteiger partial charge on any atom is -0.481 e. The van der Waals surface area contributed by atoms with Crippen molar-refractivity contribution >= 4 is 11.8 Å². The van der Waals surface area contributed by atoms with Crippen molar-refractivity contribution in [1.82, 2.24) is 9.97 Å². The zero-order chi connectivity index (χ0) is 12.3. The zero-order valence-electron chi connectivity index (χ0n) is 9.94. The first-order valence-electron chi connectivity index (χ1n) is 5.94. The molecule has 0 radical (unpaired) electrons. The molecule has 1 saturated carbocycles. The molecule has 1 aromatic rings. The first-order valence-corrected chi connectivity index (χ1v) is 5.94. The topological polar surface area (TPSA) is 75.1 Å². The van der Waals surface area contributed by atoms with Gasteiger partial charge in [0, 0.05) is 17.3 Å². The van der Waals surface area contributed by atoms with Crippen molar-refractivity contribution in [3.05, 3.63) is 18.1 Å². The average molecular weight is 235 g/mol. The maximum absolute atomic E-state index is 10.8. The Bertz CT molecular complexity index is 416. The molecule has 1 aliphatic carbocycles. The lowest BCUT2D eigenvalue weighted by molar-refractivity contribution is -0.138. The van der Waals surface area contributed by atoms with Crippen LogP contribution < -0.4 is 5.32 Å². The van der Waals surface area contributed by atoms with Crippen LogP contribution in [0.2, 0.25) is 0 Å². The Morgan fingerprint density at radius 2 is 2.29 bits per heavy atom. The number of rotatable bonds is 5. The number of nitrogens with zero attached hydrogens (tertiary/aromatic N) is 2. The Hall–Kier alpha value is -1.65. The number of aliphatic carboxylic acids is 1. The molecule has 1 aromatic heterocycles. The van der Waals surface area contributed by atoms with Gasteiger partial charge in [-0.1, -0.05) is 6.92 Å². The van der Waals surface area contributed by atoms with Gasteiger partial charge in [-0.25, -0.2) is 9.97 Å². The van der Waals surface area contributed by atoms with Crippen molar-refractivity contribution in [2.24, 2.45) is 0 Å². The Morgan fingerprint density at radius 3 is 2.82 bits per heavy atom. The minimum absolute atomic E-state index is 0.151. The molecule has 0 spiro atoms. The van der Waals surface area contributed by atoms with Gasteiger partial charge in [-0.05, 0) is 25.7 Å². The number of carboxylic acid groups (broad SMARTS) is 1. The molecule has 0 saturated heterocycles. The van der Waals surface area contributed by atoms with Gasteiger partial charge in [0.2, 0.25) is 0 Å². The number of aryl methyl sites for hydroxylation is 1. The molecule has 2 N–H and O–H groups in total. The van der Waals surface area contributed by atoms with Crippen LogP contribution >= 0.6 is 0 Å². The summed E-state index contributed by atoms with van der Waals surface area (Å²) >= 11 is 0. The molecular formula is C12H17N3O2. The van der Waals surface area contributed by atoms with Gasteiger partial charge in [0.25, 0.3) is 0 Å². The van der Waals surface area contributed by atoms with Crippen molar-refractivity contribution < 1.29 is 9.90 Å². The van der Waals surface area contributed by atoms with Crippen LogP contribution in [0.25, 0.3) is 0 Å². The van der Waals surface area contributed by atoms with Gasteiger partial charge >= 0.3 is 5.97 Å². The quantitative estimate of drug-likeness (QED) is 0.814. The van der Waals surface area contributed by atoms with E-state index in [1.165, 1.54) is 6.33 Å². The molecule has 92 valence electrons. The van der Waals surface area contributed by atoms with Gasteiger partial charge in [-0.3, -0.25) is 4.79 Å². The lowest BCUT2D eigenvalue weighted by atomic mass is 9.74. The summed E-state index contributed by atoms with van der Waals surface area (Å²) in [5.74, 6) is -0.0280. The van der Waals surface area contributed by atoms with E-state index >= 15 is 0 Å². The summed E-state index contributed by atoms with van der Waals surface area (Å²) in [6, 6.07) is 1.89. The van der Waals surface area contributed by atoms with Crippen LogP contribution in [0.15, 0.2) is 12.4 Å². The van der Waals surface area contributed by atoms with Crippen LogP contribution in [0.5, 0.6) is 0 Å². The Morgan fingerprint density at radius 1 is 1.53 bits per heavy atom. The molecule has 0 atom stereocenters. The second-order valence-electron chi connectivity index (χ2n) is 4.58. The van der Waals surface area contributed by atoms with Gasteiger partial charge in [0.15, 0.2) is 0 Å². The third-order valence-corrected chi connectivity index (χ3v) is 3.28. The smallest absolute Gasteiger partial charge is 0.305 e. The highest BCUT2D eigenvalue weighted by Gasteiger charge is 2.39. The molecule has 0 aliphatic heterocycles. The summed E-state index contributed by atoms with van der Waals surface area (Å²) in [5, 5.41) is 12.2. The van der Waals surface area contributed by atoms with E-state index in [2.05, 4.69) is 15.3 Å². The molecule has 0 unspecified atom stereocenters. The zero-order valence-corrected chi connectivity index (χ0v) is 9.94. The summed E-state index contributed by atoms with van der Waals surface area (Å²) in [6.45, 7) is 2.03. The minimum atomic E-state index is -0.762. The number of anilines is 1. The lowest BCUT2D eigenvalue weighted by Gasteiger charge is -2.41. The molecule has 0 bridgehead atoms. The number of hydrogen-bond donors (Lipinski definition) is 2. The van der Waals surface area contributed by atoms with E-state index in [0.717, 1.165) is 37.2 Å². The average Bonchev–Trinajstić information content (AvgIpc) is 2.26. The molecule has 1 aliphatic rings. The van der Waals surface area contributed by atoms with Crippen LogP contribution in [-0.2, 0) is 11.2 Å². The summed E-state index contributed by atoms with van der Waals surface area (Å²) < 4.78 is 0. The summed E-state index contributed by atoms with van der Waals surface area (Å²) in [4.78, 5) is 19.1. The van der Waals surface area contributed by atoms with E-state index in [9.17, 15) is 4.79 Å². The van der Waals surface area contributed by atoms with Crippen LogP contribution in [0.4, 0.5) is 5.82 Å². The van der Waals surface area contributed by atoms with Crippen molar-refractivity contribution in [2.45, 2.75) is 44.6 Å². The maximum atomic E-state index is 10.8. The predicted molar refractivity (Wildman–Crippen MR) is 63.9 cm³/mol. The summed E-state index contributed by atoms with van der Waals surface area (Å²) in [5.41, 5.74) is 0.665. The molecule has 1 heterocycles. The third-order valence-electron chi connectivity index (χ3n) is 3.28. The monoisotopic (exact) mass is 235 g/mol. The number of nitrogens with one attached hydrogen (secondary N) is 1. The van der Waals surface area contributed by atoms with Crippen molar-refractivity contribution in [3.8, 4) is 0 Å². The van der Waals surface area contributed by atoms with Crippen LogP contribution in [0, 0.1) is 0 Å². The van der Waals surface area contributed by atoms with Crippen molar-refractivity contribution in [2.75, 3.05) is 5.32 Å². The Kier molecular flexibility index (Phi) is 3.26. The fourth-order valence-electron chi connectivity index (χ4n) is 2.17. The van der Waals surface area contributed by atoms with Crippen LogP contribution in [0.1, 0.15) is 38.3 Å². The van der Waals surface area contributed by atoms with E-state index in [-0.39, 0.29) is 12.0 Å². The highest BCUT2D eigenvalue weighted by Crippen LogP contribution is 2.37. The highest BCUT2D eigenvalue weighted by molar-refractivity contribution is 5.69. The van der Waals surface area contributed by atoms with E-state index in [0.29, 0.717) is 0 Å². The van der Waals surface area contributed by atoms with Crippen LogP contribution in [0.3, 0.4) is 0 Å². The van der Waals surface area contributed by atoms with E-state index in [4.69, 9.17) is 5.11 Å². The molecule has 17 heavy (non-hydrogen) atoms. The van der Waals surface area contributed by atoms with Gasteiger partial charge in [-0.15, -0.1) is 0 Å². The number of carbonyl (C=O) groups is 1. The molecular weight excluding hydrogens is 218 g/mol. The first-order chi connectivity index (χ1) is 8.13. The molecule has 0 amide bonds. The van der Waals surface area contributed by atoms with E-state index < -0.39 is 5.97 Å². The van der Waals surface area contributed by atoms with Gasteiger partial charge < -0.3 is 10.4 Å². The number of aromatic nitrogens is 2. The Labute approximate surface area is 100 Å². The second kappa shape index (κ2) is 4.69. The lowest BCUT2D eigenvalue weighted by Crippen LogP contribution is -2.47. The largest absolute Gasteiger partial charge is 0.481 e. The molecule has 5 heteroatoms. The van der Waals surface area contributed by atoms with Gasteiger partial charge in [0.1, 0.15) is 12.1 Å². The third kappa shape index (κ3) is 2.72. The Balaban J connectivity index is 2.09. The second-order valence-corrected chi connectivity index (χ2v) is 4.58. The predicted octanol–water partition coefficient (Wildman–Crippen LogP) is 1.85. The van der Waals surface area contributed by atoms with E-state index in [1.807, 2.05) is 13.0 Å². The van der Waals surface area contributed by atoms with E-state index in [1.54, 1.807) is 0 Å². The molecule has 5 nitrogen and oxygen atoms in total.